The van der Waals surface area contributed by atoms with Gasteiger partial charge >= 0.3 is 0 Å². The largest absolute Gasteiger partial charge is 0.470 e. The summed E-state index contributed by atoms with van der Waals surface area (Å²) in [4.78, 5) is 3.27. The van der Waals surface area contributed by atoms with E-state index in [0.717, 1.165) is 33.5 Å². The number of nitrogens with one attached hydrogen (secondary N) is 1. The number of fused-ring (bicyclic) bond motifs is 1. The normalized spacial score (nSPS) is 11.1. The van der Waals surface area contributed by atoms with Crippen molar-refractivity contribution in [1.29, 1.82) is 0 Å². The van der Waals surface area contributed by atoms with E-state index in [4.69, 9.17) is 4.74 Å². The molecule has 0 amide bonds. The van der Waals surface area contributed by atoms with Gasteiger partial charge in [0, 0.05) is 23.1 Å². The zero-order valence-electron chi connectivity index (χ0n) is 15.4. The van der Waals surface area contributed by atoms with Crippen molar-refractivity contribution in [3.8, 4) is 5.88 Å². The van der Waals surface area contributed by atoms with Crippen LogP contribution >= 0.6 is 0 Å². The summed E-state index contributed by atoms with van der Waals surface area (Å²) in [5.41, 5.74) is 5.08. The van der Waals surface area contributed by atoms with Gasteiger partial charge in [-0.25, -0.2) is 4.39 Å². The van der Waals surface area contributed by atoms with Crippen molar-refractivity contribution in [2.75, 3.05) is 0 Å². The molecule has 2 heterocycles. The van der Waals surface area contributed by atoms with Crippen molar-refractivity contribution in [1.82, 2.24) is 15.2 Å². The lowest BCUT2D eigenvalue weighted by Crippen LogP contribution is -2.03. The molecule has 0 aliphatic rings. The number of halogens is 1. The number of aryl methyl sites for hydroxylation is 1. The first-order chi connectivity index (χ1) is 13.7. The third-order valence-corrected chi connectivity index (χ3v) is 4.74. The van der Waals surface area contributed by atoms with E-state index in [1.807, 2.05) is 37.3 Å². The summed E-state index contributed by atoms with van der Waals surface area (Å²) < 4.78 is 18.9. The molecular weight excluding hydrogens is 357 g/mol. The van der Waals surface area contributed by atoms with Crippen LogP contribution in [0.15, 0.2) is 54.6 Å². The van der Waals surface area contributed by atoms with E-state index in [2.05, 4.69) is 15.2 Å². The smallest absolute Gasteiger partial charge is 0.258 e. The van der Waals surface area contributed by atoms with Gasteiger partial charge < -0.3 is 14.8 Å². The molecule has 0 spiro atoms. The van der Waals surface area contributed by atoms with E-state index in [-0.39, 0.29) is 19.0 Å². The minimum Gasteiger partial charge on any atom is -0.470 e. The Bertz CT molecular complexity index is 1090. The van der Waals surface area contributed by atoms with Gasteiger partial charge in [-0.3, -0.25) is 0 Å². The van der Waals surface area contributed by atoms with Gasteiger partial charge in [-0.1, -0.05) is 42.5 Å². The number of hydrogen-bond acceptors (Lipinski definition) is 4. The van der Waals surface area contributed by atoms with Gasteiger partial charge in [-0.15, -0.1) is 5.10 Å². The van der Waals surface area contributed by atoms with Gasteiger partial charge in [0.1, 0.15) is 17.9 Å². The van der Waals surface area contributed by atoms with Crippen LogP contribution in [-0.2, 0) is 19.6 Å². The number of aliphatic hydroxyl groups excluding tert-OH is 1. The summed E-state index contributed by atoms with van der Waals surface area (Å²) in [6.45, 7) is 2.05. The van der Waals surface area contributed by atoms with Crippen LogP contribution in [0.1, 0.15) is 28.1 Å². The first-order valence-electron chi connectivity index (χ1n) is 9.04. The zero-order chi connectivity index (χ0) is 19.5. The first kappa shape index (κ1) is 18.1. The second kappa shape index (κ2) is 7.78. The van der Waals surface area contributed by atoms with Crippen LogP contribution in [0.25, 0.3) is 10.9 Å². The summed E-state index contributed by atoms with van der Waals surface area (Å²) in [6.07, 6.45) is 0.604. The van der Waals surface area contributed by atoms with Gasteiger partial charge in [-0.2, -0.15) is 5.10 Å². The fraction of sp³-hybridized carbons (Fsp3) is 0.182. The van der Waals surface area contributed by atoms with Crippen LogP contribution < -0.4 is 4.74 Å². The molecule has 4 aromatic rings. The standard InChI is InChI=1S/C22H20FN3O2/c1-14-18(12-27)20-19(11-15-5-3-2-4-6-15)25-26-22(21(20)24-14)28-13-16-7-9-17(23)10-8-16/h2-10,24,27H,11-13H2,1H3. The molecular formula is C22H20FN3O2. The Labute approximate surface area is 161 Å². The molecule has 0 radical (unpaired) electrons. The number of H-pyrrole nitrogens is 1. The van der Waals surface area contributed by atoms with Crippen molar-refractivity contribution >= 4 is 10.9 Å². The molecule has 142 valence electrons. The Hall–Kier alpha value is -3.25. The second-order valence-corrected chi connectivity index (χ2v) is 6.67. The maximum Gasteiger partial charge on any atom is 0.258 e. The van der Waals surface area contributed by atoms with Crippen molar-refractivity contribution in [3.63, 3.8) is 0 Å². The molecule has 0 atom stereocenters. The van der Waals surface area contributed by atoms with Crippen LogP contribution in [0, 0.1) is 12.7 Å². The topological polar surface area (TPSA) is 71.0 Å². The van der Waals surface area contributed by atoms with Gasteiger partial charge in [0.25, 0.3) is 5.88 Å². The molecule has 0 saturated heterocycles. The number of benzene rings is 2. The molecule has 28 heavy (non-hydrogen) atoms. The molecule has 6 heteroatoms. The summed E-state index contributed by atoms with van der Waals surface area (Å²) in [5.74, 6) is 0.0720. The molecule has 0 aliphatic heterocycles. The maximum absolute atomic E-state index is 13.1. The highest BCUT2D eigenvalue weighted by molar-refractivity contribution is 5.90. The van der Waals surface area contributed by atoms with Crippen LogP contribution in [0.3, 0.4) is 0 Å². The highest BCUT2D eigenvalue weighted by atomic mass is 19.1. The van der Waals surface area contributed by atoms with Crippen molar-refractivity contribution < 1.29 is 14.2 Å². The summed E-state index contributed by atoms with van der Waals surface area (Å²) in [6, 6.07) is 16.1. The van der Waals surface area contributed by atoms with Gasteiger partial charge in [0.2, 0.25) is 0 Å². The molecule has 2 aromatic carbocycles. The maximum atomic E-state index is 13.1. The SMILES string of the molecule is Cc1[nH]c2c(OCc3ccc(F)cc3)nnc(Cc3ccccc3)c2c1CO. The Morgan fingerprint density at radius 1 is 1.00 bits per heavy atom. The van der Waals surface area contributed by atoms with Crippen LogP contribution in [-0.4, -0.2) is 20.3 Å². The third-order valence-electron chi connectivity index (χ3n) is 4.74. The van der Waals surface area contributed by atoms with Crippen LogP contribution in [0.2, 0.25) is 0 Å². The summed E-state index contributed by atoms with van der Waals surface area (Å²) in [7, 11) is 0. The summed E-state index contributed by atoms with van der Waals surface area (Å²) >= 11 is 0. The van der Waals surface area contributed by atoms with E-state index in [1.165, 1.54) is 12.1 Å². The number of nitrogens with zero attached hydrogens (tertiary/aromatic N) is 2. The Kier molecular flexibility index (Phi) is 5.04. The molecule has 2 N–H and O–H groups in total. The second-order valence-electron chi connectivity index (χ2n) is 6.67. The average molecular weight is 377 g/mol. The molecule has 5 nitrogen and oxygen atoms in total. The minimum absolute atomic E-state index is 0.100. The van der Waals surface area contributed by atoms with E-state index < -0.39 is 0 Å². The molecule has 0 unspecified atom stereocenters. The van der Waals surface area contributed by atoms with E-state index in [0.29, 0.717) is 17.8 Å². The fourth-order valence-corrected chi connectivity index (χ4v) is 3.29. The zero-order valence-corrected chi connectivity index (χ0v) is 15.4. The Morgan fingerprint density at radius 3 is 2.46 bits per heavy atom. The van der Waals surface area contributed by atoms with Crippen molar-refractivity contribution in [2.24, 2.45) is 0 Å². The number of hydrogen-bond donors (Lipinski definition) is 2. The Morgan fingerprint density at radius 2 is 1.75 bits per heavy atom. The third kappa shape index (κ3) is 3.59. The lowest BCUT2D eigenvalue weighted by Gasteiger charge is -2.09. The first-order valence-corrected chi connectivity index (χ1v) is 9.04. The van der Waals surface area contributed by atoms with Gasteiger partial charge in [0.05, 0.1) is 12.3 Å². The quantitative estimate of drug-likeness (QED) is 0.531. The lowest BCUT2D eigenvalue weighted by atomic mass is 10.0. The van der Waals surface area contributed by atoms with Crippen LogP contribution in [0.4, 0.5) is 4.39 Å². The van der Waals surface area contributed by atoms with Gasteiger partial charge in [-0.05, 0) is 30.2 Å². The predicted molar refractivity (Wildman–Crippen MR) is 105 cm³/mol. The molecule has 0 aliphatic carbocycles. The van der Waals surface area contributed by atoms with Crippen molar-refractivity contribution in [2.45, 2.75) is 26.6 Å². The predicted octanol–water partition coefficient (Wildman–Crippen LogP) is 4.07. The van der Waals surface area contributed by atoms with Gasteiger partial charge in [0.15, 0.2) is 0 Å². The monoisotopic (exact) mass is 377 g/mol. The minimum atomic E-state index is -0.288. The highest BCUT2D eigenvalue weighted by Gasteiger charge is 2.18. The van der Waals surface area contributed by atoms with E-state index in [9.17, 15) is 9.50 Å². The molecule has 4 rings (SSSR count). The number of aromatic amines is 1. The number of ether oxygens (including phenoxy) is 1. The summed E-state index contributed by atoms with van der Waals surface area (Å²) in [5, 5.41) is 19.4. The molecule has 0 saturated carbocycles. The van der Waals surface area contributed by atoms with Crippen molar-refractivity contribution in [3.05, 3.63) is 88.5 Å². The molecule has 0 fully saturated rings. The lowest BCUT2D eigenvalue weighted by molar-refractivity contribution is 0.282. The Balaban J connectivity index is 1.70. The highest BCUT2D eigenvalue weighted by Crippen LogP contribution is 2.31. The average Bonchev–Trinajstić information content (AvgIpc) is 3.06. The van der Waals surface area contributed by atoms with E-state index >= 15 is 0 Å². The molecule has 0 bridgehead atoms. The fourth-order valence-electron chi connectivity index (χ4n) is 3.29. The number of rotatable bonds is 6. The number of aliphatic hydroxyl groups is 1. The number of aromatic nitrogens is 3. The van der Waals surface area contributed by atoms with E-state index in [1.54, 1.807) is 12.1 Å². The molecule has 2 aromatic heterocycles. The van der Waals surface area contributed by atoms with Crippen LogP contribution in [0.5, 0.6) is 5.88 Å².